The number of ether oxygens (including phenoxy) is 5. The summed E-state index contributed by atoms with van der Waals surface area (Å²) in [7, 11) is 0. The fourth-order valence-corrected chi connectivity index (χ4v) is 1.74. The monoisotopic (exact) mass is 362 g/mol. The molecule has 0 bridgehead atoms. The number of ketones is 1. The van der Waals surface area contributed by atoms with E-state index in [1.54, 1.807) is 0 Å². The van der Waals surface area contributed by atoms with Crippen molar-refractivity contribution in [2.75, 3.05) is 59.5 Å². The van der Waals surface area contributed by atoms with Crippen LogP contribution in [0.25, 0.3) is 0 Å². The van der Waals surface area contributed by atoms with Gasteiger partial charge in [0.15, 0.2) is 5.78 Å². The van der Waals surface area contributed by atoms with Crippen LogP contribution in [0.3, 0.4) is 0 Å². The first-order valence-electron chi connectivity index (χ1n) is 9.25. The van der Waals surface area contributed by atoms with Crippen molar-refractivity contribution in [2.45, 2.75) is 53.6 Å². The highest BCUT2D eigenvalue weighted by Gasteiger charge is 2.09. The van der Waals surface area contributed by atoms with E-state index in [9.17, 15) is 4.79 Å². The normalized spacial score (nSPS) is 12.1. The van der Waals surface area contributed by atoms with Crippen LogP contribution in [0.1, 0.15) is 47.5 Å². The summed E-state index contributed by atoms with van der Waals surface area (Å²) in [6, 6.07) is 0. The van der Waals surface area contributed by atoms with Gasteiger partial charge >= 0.3 is 0 Å². The molecule has 0 aliphatic heterocycles. The molecule has 0 atom stereocenters. The largest absolute Gasteiger partial charge is 0.379 e. The smallest absolute Gasteiger partial charge is 0.158 e. The van der Waals surface area contributed by atoms with Crippen LogP contribution >= 0.6 is 0 Å². The molecule has 0 aromatic rings. The van der Waals surface area contributed by atoms with E-state index >= 15 is 0 Å². The van der Waals surface area contributed by atoms with Crippen LogP contribution in [0.15, 0.2) is 0 Å². The van der Waals surface area contributed by atoms with Gasteiger partial charge in [-0.2, -0.15) is 0 Å². The maximum absolute atomic E-state index is 11.5. The molecule has 6 heteroatoms. The van der Waals surface area contributed by atoms with Gasteiger partial charge in [0.25, 0.3) is 0 Å². The maximum atomic E-state index is 11.5. The second-order valence-electron chi connectivity index (χ2n) is 7.45. The van der Waals surface area contributed by atoms with Crippen molar-refractivity contribution in [3.8, 4) is 0 Å². The zero-order valence-electron chi connectivity index (χ0n) is 16.8. The van der Waals surface area contributed by atoms with Crippen molar-refractivity contribution in [2.24, 2.45) is 5.41 Å². The molecular formula is C19H38O6. The molecule has 0 amide bonds. The Hall–Kier alpha value is -0.530. The van der Waals surface area contributed by atoms with E-state index in [4.69, 9.17) is 23.7 Å². The van der Waals surface area contributed by atoms with Gasteiger partial charge in [-0.25, -0.2) is 0 Å². The van der Waals surface area contributed by atoms with Crippen LogP contribution in [0.2, 0.25) is 0 Å². The number of rotatable bonds is 17. The van der Waals surface area contributed by atoms with Crippen LogP contribution < -0.4 is 0 Å². The fraction of sp³-hybridized carbons (Fsp3) is 0.947. The first kappa shape index (κ1) is 24.5. The third kappa shape index (κ3) is 21.4. The lowest BCUT2D eigenvalue weighted by molar-refractivity contribution is -0.125. The van der Waals surface area contributed by atoms with Gasteiger partial charge in [-0.1, -0.05) is 20.8 Å². The van der Waals surface area contributed by atoms with Crippen molar-refractivity contribution in [1.29, 1.82) is 0 Å². The van der Waals surface area contributed by atoms with Crippen molar-refractivity contribution < 1.29 is 28.5 Å². The summed E-state index contributed by atoms with van der Waals surface area (Å²) >= 11 is 0. The Morgan fingerprint density at radius 2 is 1.28 bits per heavy atom. The Morgan fingerprint density at radius 3 is 1.76 bits per heavy atom. The number of hydrogen-bond acceptors (Lipinski definition) is 6. The summed E-state index contributed by atoms with van der Waals surface area (Å²) in [4.78, 5) is 11.5. The van der Waals surface area contributed by atoms with Gasteiger partial charge in [-0.15, -0.1) is 0 Å². The number of carbonyl (C=O) groups excluding carboxylic acids is 1. The van der Waals surface area contributed by atoms with E-state index in [0.717, 1.165) is 13.0 Å². The zero-order valence-corrected chi connectivity index (χ0v) is 16.8. The number of carbonyl (C=O) groups is 1. The molecule has 0 fully saturated rings. The van der Waals surface area contributed by atoms with Crippen LogP contribution in [0.5, 0.6) is 0 Å². The molecule has 0 radical (unpaired) electrons. The number of Topliss-reactive ketones (excluding diaryl/α,β-unsaturated/α-hetero) is 1. The predicted molar refractivity (Wildman–Crippen MR) is 98.1 cm³/mol. The van der Waals surface area contributed by atoms with Crippen molar-refractivity contribution in [3.05, 3.63) is 0 Å². The van der Waals surface area contributed by atoms with Crippen LogP contribution in [0, 0.1) is 5.41 Å². The molecule has 0 aromatic carbocycles. The van der Waals surface area contributed by atoms with Gasteiger partial charge in [0.05, 0.1) is 52.4 Å². The Labute approximate surface area is 153 Å². The molecule has 0 N–H and O–H groups in total. The molecular weight excluding hydrogens is 324 g/mol. The van der Waals surface area contributed by atoms with Gasteiger partial charge in [-0.05, 0) is 25.7 Å². The standard InChI is InChI=1S/C19H38O6/c1-17(2)25-15-18(20)7-6-8-21-9-10-22-11-12-23-13-14-24-16-19(3,4)5/h17H,6-16H2,1-5H3. The Balaban J connectivity index is 3.15. The minimum atomic E-state index is 0.0948. The molecule has 25 heavy (non-hydrogen) atoms. The molecule has 0 aliphatic carbocycles. The molecule has 150 valence electrons. The SMILES string of the molecule is CC(C)OCC(=O)CCCOCCOCCOCCOCC(C)(C)C. The van der Waals surface area contributed by atoms with E-state index in [1.165, 1.54) is 0 Å². The Morgan fingerprint density at radius 1 is 0.800 bits per heavy atom. The molecule has 0 unspecified atom stereocenters. The molecule has 0 aromatic heterocycles. The Bertz CT molecular complexity index is 312. The fourth-order valence-electron chi connectivity index (χ4n) is 1.74. The van der Waals surface area contributed by atoms with E-state index in [2.05, 4.69) is 20.8 Å². The van der Waals surface area contributed by atoms with Crippen molar-refractivity contribution >= 4 is 5.78 Å². The summed E-state index contributed by atoms with van der Waals surface area (Å²) in [5.41, 5.74) is 0.193. The third-order valence-electron chi connectivity index (χ3n) is 2.97. The minimum Gasteiger partial charge on any atom is -0.379 e. The van der Waals surface area contributed by atoms with Gasteiger partial charge in [0.1, 0.15) is 6.61 Å². The third-order valence-corrected chi connectivity index (χ3v) is 2.97. The van der Waals surface area contributed by atoms with Gasteiger partial charge in [-0.3, -0.25) is 4.79 Å². The molecule has 0 saturated heterocycles. The highest BCUT2D eigenvalue weighted by Crippen LogP contribution is 2.12. The van der Waals surface area contributed by atoms with E-state index < -0.39 is 0 Å². The lowest BCUT2D eigenvalue weighted by Crippen LogP contribution is -2.17. The molecule has 6 nitrogen and oxygen atoms in total. The summed E-state index contributed by atoms with van der Waals surface area (Å²) < 4.78 is 27.0. The summed E-state index contributed by atoms with van der Waals surface area (Å²) in [5.74, 6) is 0.122. The lowest BCUT2D eigenvalue weighted by Gasteiger charge is -2.17. The van der Waals surface area contributed by atoms with Crippen molar-refractivity contribution in [3.63, 3.8) is 0 Å². The average molecular weight is 363 g/mol. The van der Waals surface area contributed by atoms with Crippen LogP contribution in [-0.4, -0.2) is 71.3 Å². The van der Waals surface area contributed by atoms with Gasteiger partial charge in [0.2, 0.25) is 0 Å². The van der Waals surface area contributed by atoms with E-state index in [0.29, 0.717) is 52.7 Å². The zero-order chi connectivity index (χ0) is 19.0. The first-order chi connectivity index (χ1) is 11.8. The topological polar surface area (TPSA) is 63.2 Å². The van der Waals surface area contributed by atoms with Crippen LogP contribution in [-0.2, 0) is 28.5 Å². The second-order valence-corrected chi connectivity index (χ2v) is 7.45. The maximum Gasteiger partial charge on any atom is 0.158 e. The van der Waals surface area contributed by atoms with E-state index in [-0.39, 0.29) is 23.9 Å². The molecule has 0 rings (SSSR count). The quantitative estimate of drug-likeness (QED) is 0.371. The first-order valence-corrected chi connectivity index (χ1v) is 9.25. The Kier molecular flexibility index (Phi) is 15.4. The molecule has 0 heterocycles. The average Bonchev–Trinajstić information content (AvgIpc) is 2.52. The number of hydrogen-bond donors (Lipinski definition) is 0. The molecule has 0 saturated carbocycles. The van der Waals surface area contributed by atoms with Gasteiger partial charge in [0, 0.05) is 13.0 Å². The minimum absolute atomic E-state index is 0.0948. The summed E-state index contributed by atoms with van der Waals surface area (Å²) in [6.45, 7) is 15.1. The summed E-state index contributed by atoms with van der Waals surface area (Å²) in [6.07, 6.45) is 1.31. The highest BCUT2D eigenvalue weighted by atomic mass is 16.6. The van der Waals surface area contributed by atoms with E-state index in [1.807, 2.05) is 13.8 Å². The predicted octanol–water partition coefficient (Wildman–Crippen LogP) is 2.87. The van der Waals surface area contributed by atoms with Crippen LogP contribution in [0.4, 0.5) is 0 Å². The lowest BCUT2D eigenvalue weighted by atomic mass is 9.99. The second kappa shape index (κ2) is 15.7. The molecule has 0 spiro atoms. The molecule has 0 aliphatic rings. The highest BCUT2D eigenvalue weighted by molar-refractivity contribution is 5.79. The summed E-state index contributed by atoms with van der Waals surface area (Å²) in [5, 5.41) is 0. The van der Waals surface area contributed by atoms with Crippen molar-refractivity contribution in [1.82, 2.24) is 0 Å². The van der Waals surface area contributed by atoms with Gasteiger partial charge < -0.3 is 23.7 Å².